The Morgan fingerprint density at radius 1 is 0.434 bits per heavy atom. The van der Waals surface area contributed by atoms with Gasteiger partial charge in [-0.3, -0.25) is 0 Å². The van der Waals surface area contributed by atoms with Gasteiger partial charge in [-0.25, -0.2) is 0 Å². The average Bonchev–Trinajstić information content (AvgIpc) is 1.76. The van der Waals surface area contributed by atoms with Crippen molar-refractivity contribution in [2.24, 2.45) is 51.8 Å². The van der Waals surface area contributed by atoms with E-state index in [9.17, 15) is 76.6 Å². The van der Waals surface area contributed by atoms with Crippen LogP contribution in [0, 0.1) is 51.8 Å². The molecule has 0 aromatic rings. The van der Waals surface area contributed by atoms with E-state index < -0.39 is 173 Å². The fraction of sp³-hybridized carbons (Fsp3) is 1.00. The van der Waals surface area contributed by atoms with Crippen LogP contribution in [0.25, 0.3) is 0 Å². The highest BCUT2D eigenvalue weighted by atomic mass is 16.8. The van der Waals surface area contributed by atoms with Crippen LogP contribution in [0.5, 0.6) is 0 Å². The van der Waals surface area contributed by atoms with Crippen molar-refractivity contribution >= 4 is 0 Å². The maximum Gasteiger partial charge on any atom is 0.189 e. The fourth-order valence-corrected chi connectivity index (χ4v) is 17.8. The number of aliphatic hydroxyl groups excluding tert-OH is 15. The molecule has 11 rings (SSSR count). The Morgan fingerprint density at radius 3 is 1.53 bits per heavy atom. The molecule has 7 heterocycles. The van der Waals surface area contributed by atoms with Crippen molar-refractivity contribution in [2.45, 2.75) is 278 Å². The lowest BCUT2D eigenvalue weighted by molar-refractivity contribution is -0.408. The van der Waals surface area contributed by atoms with Gasteiger partial charge < -0.3 is 133 Å². The van der Waals surface area contributed by atoms with Crippen LogP contribution in [0.1, 0.15) is 106 Å². The van der Waals surface area contributed by atoms with E-state index in [4.69, 9.17) is 56.8 Å². The van der Waals surface area contributed by atoms with Crippen LogP contribution < -0.4 is 0 Å². The number of fused-ring (bicyclic) bond motifs is 7. The topological polar surface area (TPSA) is 414 Å². The summed E-state index contributed by atoms with van der Waals surface area (Å²) in [5.74, 6) is 2.39. The first-order valence-electron chi connectivity index (χ1n) is 30.1. The molecule has 27 heteroatoms. The highest BCUT2D eigenvalue weighted by Gasteiger charge is 2.72. The van der Waals surface area contributed by atoms with Gasteiger partial charge in [-0.05, 0) is 111 Å². The zero-order chi connectivity index (χ0) is 59.7. The molecule has 15 N–H and O–H groups in total. The molecule has 478 valence electrons. The van der Waals surface area contributed by atoms with E-state index in [0.717, 1.165) is 64.4 Å². The number of hydrogen-bond acceptors (Lipinski definition) is 27. The normalized spacial score (nSPS) is 59.2. The first-order valence-corrected chi connectivity index (χ1v) is 30.1. The quantitative estimate of drug-likeness (QED) is 0.0835. The van der Waals surface area contributed by atoms with Crippen molar-refractivity contribution in [3.8, 4) is 0 Å². The monoisotopic (exact) mass is 1200 g/mol. The van der Waals surface area contributed by atoms with Crippen LogP contribution >= 0.6 is 0 Å². The van der Waals surface area contributed by atoms with E-state index in [1.165, 1.54) is 6.42 Å². The summed E-state index contributed by atoms with van der Waals surface area (Å²) in [6, 6.07) is 0. The number of aliphatic hydroxyl groups is 15. The fourth-order valence-electron chi connectivity index (χ4n) is 17.8. The molecule has 11 fully saturated rings. The molecule has 0 aromatic heterocycles. The van der Waals surface area contributed by atoms with E-state index in [-0.39, 0.29) is 28.5 Å². The van der Waals surface area contributed by atoms with Crippen molar-refractivity contribution < 1.29 is 133 Å². The van der Waals surface area contributed by atoms with Crippen LogP contribution in [-0.2, 0) is 56.8 Å². The highest BCUT2D eigenvalue weighted by Crippen LogP contribution is 2.75. The van der Waals surface area contributed by atoms with Crippen molar-refractivity contribution in [3.05, 3.63) is 0 Å². The highest BCUT2D eigenvalue weighted by molar-refractivity contribution is 5.19. The molecular weight excluding hydrogens is 1100 g/mol. The molecule has 11 aliphatic rings. The standard InChI is InChI=1S/C56H92O27/c1-20-7-14-56(72-19-20)21(2)30-25(83-56)16-29-54(5)11-8-23-15-24(9-12-53(23,4)28(54)10-13-55(29,30)6)74-48-37(65)32(60)42(22(3)73-48)77-49-38(66)33(61)44(27(18-58)75-49)79-52-41(69)45(40(68)47(71)82-52)80-50-39(67)34(62)43(26(17-57)76-50)78-51-36(64)31(59)35(63)46(70)81-51/h20-52,57-71H,7-19H2,1-6H3/t20-,21-,22-,23+,24-,25-,26-,27-,28-,29+,30-,31+,32+,33-,34-,35+,36-,37-,38-,39-,40-,41-,42-,43-,44-,45-,46+,47+,48+,49+,50+,51-,52-,53+,54-,55-,56-/m1/s1. The lowest BCUT2D eigenvalue weighted by Gasteiger charge is -2.66. The molecule has 7 saturated heterocycles. The van der Waals surface area contributed by atoms with Gasteiger partial charge >= 0.3 is 0 Å². The van der Waals surface area contributed by atoms with Gasteiger partial charge in [-0.2, -0.15) is 0 Å². The summed E-state index contributed by atoms with van der Waals surface area (Å²) in [7, 11) is 0. The molecule has 0 amide bonds. The second-order valence-corrected chi connectivity index (χ2v) is 27.2. The first kappa shape index (κ1) is 63.5. The minimum absolute atomic E-state index is 0.0902. The molecular formula is C56H92O27. The Morgan fingerprint density at radius 2 is 0.940 bits per heavy atom. The van der Waals surface area contributed by atoms with Crippen LogP contribution in [0.15, 0.2) is 0 Å². The van der Waals surface area contributed by atoms with E-state index in [0.29, 0.717) is 35.5 Å². The Balaban J connectivity index is 0.675. The van der Waals surface area contributed by atoms with Crippen molar-refractivity contribution in [1.82, 2.24) is 0 Å². The van der Waals surface area contributed by atoms with E-state index in [1.54, 1.807) is 6.92 Å². The molecule has 4 aliphatic carbocycles. The Kier molecular flexibility index (Phi) is 18.3. The van der Waals surface area contributed by atoms with Gasteiger partial charge in [0.05, 0.1) is 38.1 Å². The largest absolute Gasteiger partial charge is 0.394 e. The third-order valence-corrected chi connectivity index (χ3v) is 22.5. The van der Waals surface area contributed by atoms with Crippen LogP contribution in [-0.4, -0.2) is 268 Å². The maximum absolute atomic E-state index is 11.6. The summed E-state index contributed by atoms with van der Waals surface area (Å²) in [6.45, 7) is 12.7. The molecule has 0 radical (unpaired) electrons. The zero-order valence-corrected chi connectivity index (χ0v) is 47.9. The van der Waals surface area contributed by atoms with Gasteiger partial charge in [0.25, 0.3) is 0 Å². The molecule has 27 nitrogen and oxygen atoms in total. The summed E-state index contributed by atoms with van der Waals surface area (Å²) >= 11 is 0. The summed E-state index contributed by atoms with van der Waals surface area (Å²) in [6.07, 6.45) is -36.0. The number of hydrogen-bond donors (Lipinski definition) is 15. The summed E-state index contributed by atoms with van der Waals surface area (Å²) in [5.41, 5.74) is 0.431. The zero-order valence-electron chi connectivity index (χ0n) is 47.9. The lowest BCUT2D eigenvalue weighted by atomic mass is 9.39. The van der Waals surface area contributed by atoms with E-state index in [2.05, 4.69) is 34.6 Å². The van der Waals surface area contributed by atoms with E-state index >= 15 is 0 Å². The van der Waals surface area contributed by atoms with Gasteiger partial charge in [-0.1, -0.05) is 34.6 Å². The van der Waals surface area contributed by atoms with E-state index in [1.807, 2.05) is 0 Å². The Bertz CT molecular complexity index is 2200. The van der Waals surface area contributed by atoms with Crippen LogP contribution in [0.3, 0.4) is 0 Å². The van der Waals surface area contributed by atoms with Crippen LogP contribution in [0.2, 0.25) is 0 Å². The molecule has 0 unspecified atom stereocenters. The minimum Gasteiger partial charge on any atom is -0.394 e. The molecule has 37 atom stereocenters. The third kappa shape index (κ3) is 10.8. The summed E-state index contributed by atoms with van der Waals surface area (Å²) in [4.78, 5) is 0. The molecule has 4 saturated carbocycles. The van der Waals surface area contributed by atoms with Gasteiger partial charge in [0.2, 0.25) is 0 Å². The lowest BCUT2D eigenvalue weighted by Crippen LogP contribution is -2.67. The predicted molar refractivity (Wildman–Crippen MR) is 274 cm³/mol. The number of ether oxygens (including phenoxy) is 12. The summed E-state index contributed by atoms with van der Waals surface area (Å²) < 4.78 is 70.9. The van der Waals surface area contributed by atoms with Crippen molar-refractivity contribution in [1.29, 1.82) is 0 Å². The Labute approximate surface area is 481 Å². The second-order valence-electron chi connectivity index (χ2n) is 27.2. The Hall–Kier alpha value is -1.08. The van der Waals surface area contributed by atoms with Crippen LogP contribution in [0.4, 0.5) is 0 Å². The molecule has 7 aliphatic heterocycles. The molecule has 1 spiro atoms. The van der Waals surface area contributed by atoms with Gasteiger partial charge in [0, 0.05) is 12.3 Å². The predicted octanol–water partition coefficient (Wildman–Crippen LogP) is -3.75. The third-order valence-electron chi connectivity index (χ3n) is 22.5. The second kappa shape index (κ2) is 23.9. The van der Waals surface area contributed by atoms with Crippen molar-refractivity contribution in [3.63, 3.8) is 0 Å². The van der Waals surface area contributed by atoms with Crippen molar-refractivity contribution in [2.75, 3.05) is 19.8 Å². The molecule has 0 aromatic carbocycles. The first-order chi connectivity index (χ1) is 39.2. The summed E-state index contributed by atoms with van der Waals surface area (Å²) in [5, 5.41) is 162. The average molecular weight is 1200 g/mol. The number of rotatable bonds is 12. The molecule has 83 heavy (non-hydrogen) atoms. The van der Waals surface area contributed by atoms with Gasteiger partial charge in [0.15, 0.2) is 49.8 Å². The smallest absolute Gasteiger partial charge is 0.189 e. The van der Waals surface area contributed by atoms with Gasteiger partial charge in [-0.15, -0.1) is 0 Å². The SMILES string of the molecule is C[C@@H]1CC[C@@]2(OC1)O[C@@H]1C[C@H]3[C@]4(C)CC[C@H]5C[C@H](O[C@@H]6O[C@H](C)[C@@H](O[C@@H]7O[C@H](CO)[C@@H](O[C@@H]8O[C@H](O)[C@H](O)[C@@H](O[C@@H]9O[C@H](CO)[C@@H](O[C@@H]%10O[C@H](O)[C@@H](O)[C@H](O)[C@H]%10O)[C@H](O)[C@H]9O)[C@H]8O)[C@H](O)[C@H]7O)[C@@H](O)[C@H]6O)CC[C@]5(C)[C@H]4CC[C@@]3(C)[C@@H]1[C@H]2C. The molecule has 0 bridgehead atoms. The minimum atomic E-state index is -2.22. The van der Waals surface area contributed by atoms with Gasteiger partial charge in [0.1, 0.15) is 104 Å². The maximum atomic E-state index is 11.6.